The number of ether oxygens (including phenoxy) is 2. The highest BCUT2D eigenvalue weighted by Gasteiger charge is 2.75. The van der Waals surface area contributed by atoms with Crippen LogP contribution in [0.1, 0.15) is 20.8 Å². The van der Waals surface area contributed by atoms with Gasteiger partial charge in [0.25, 0.3) is 5.91 Å². The van der Waals surface area contributed by atoms with Crippen LogP contribution in [0.4, 0.5) is 5.69 Å². The van der Waals surface area contributed by atoms with Crippen molar-refractivity contribution in [3.63, 3.8) is 0 Å². The number of carbonyl (C=O) groups is 3. The summed E-state index contributed by atoms with van der Waals surface area (Å²) in [6.07, 6.45) is 7.04. The first-order valence-corrected chi connectivity index (χ1v) is 12.2. The molecule has 35 heavy (non-hydrogen) atoms. The minimum atomic E-state index is -1.39. The molecule has 1 unspecified atom stereocenters. The first-order valence-electron chi connectivity index (χ1n) is 11.9. The molecule has 6 atom stereocenters. The smallest absolute Gasteiger partial charge is 0.313 e. The van der Waals surface area contributed by atoms with Gasteiger partial charge in [0.05, 0.1) is 24.2 Å². The van der Waals surface area contributed by atoms with Gasteiger partial charge in [0.1, 0.15) is 24.2 Å². The van der Waals surface area contributed by atoms with E-state index in [0.29, 0.717) is 10.7 Å². The average Bonchev–Trinajstić information content (AvgIpc) is 3.06. The molecule has 1 aromatic carbocycles. The van der Waals surface area contributed by atoms with Crippen molar-refractivity contribution in [2.45, 2.75) is 44.1 Å². The van der Waals surface area contributed by atoms with Gasteiger partial charge in [0.15, 0.2) is 0 Å². The molecule has 4 aliphatic heterocycles. The minimum Gasteiger partial charge on any atom is -0.461 e. The predicted octanol–water partition coefficient (Wildman–Crippen LogP) is 2.34. The van der Waals surface area contributed by atoms with E-state index in [1.807, 2.05) is 19.9 Å². The molecule has 0 saturated carbocycles. The Morgan fingerprint density at radius 3 is 2.46 bits per heavy atom. The lowest BCUT2D eigenvalue weighted by Gasteiger charge is -2.41. The second kappa shape index (κ2) is 8.47. The van der Waals surface area contributed by atoms with E-state index in [2.05, 4.69) is 0 Å². The Labute approximate surface area is 209 Å². The predicted molar refractivity (Wildman–Crippen MR) is 129 cm³/mol. The van der Waals surface area contributed by atoms with Gasteiger partial charge < -0.3 is 24.4 Å². The number of anilines is 1. The highest BCUT2D eigenvalue weighted by molar-refractivity contribution is 6.30. The number of nitrogens with zero attached hydrogens (tertiary/aromatic N) is 2. The lowest BCUT2D eigenvalue weighted by molar-refractivity contribution is -0.158. The van der Waals surface area contributed by atoms with Crippen LogP contribution in [0.3, 0.4) is 0 Å². The van der Waals surface area contributed by atoms with Crippen LogP contribution in [0.25, 0.3) is 0 Å². The zero-order valence-electron chi connectivity index (χ0n) is 19.9. The fraction of sp³-hybridized carbons (Fsp3) is 0.500. The van der Waals surface area contributed by atoms with Gasteiger partial charge in [0.2, 0.25) is 5.91 Å². The molecule has 1 N–H and O–H groups in total. The monoisotopic (exact) mass is 500 g/mol. The Hall–Kier alpha value is -2.68. The van der Waals surface area contributed by atoms with Gasteiger partial charge >= 0.3 is 5.97 Å². The van der Waals surface area contributed by atoms with Crippen LogP contribution in [0.5, 0.6) is 0 Å². The second-order valence-corrected chi connectivity index (χ2v) is 10.5. The lowest BCUT2D eigenvalue weighted by atomic mass is 9.75. The second-order valence-electron chi connectivity index (χ2n) is 10.1. The van der Waals surface area contributed by atoms with E-state index in [4.69, 9.17) is 21.1 Å². The molecule has 4 aliphatic rings. The molecule has 2 amide bonds. The molecular formula is C26H29ClN2O6. The maximum atomic E-state index is 14.3. The first-order chi connectivity index (χ1) is 16.6. The van der Waals surface area contributed by atoms with E-state index >= 15 is 0 Å². The molecule has 0 bridgehead atoms. The number of halogens is 1. The Morgan fingerprint density at radius 2 is 1.80 bits per heavy atom. The summed E-state index contributed by atoms with van der Waals surface area (Å²) in [5.41, 5.74) is -1.89. The van der Waals surface area contributed by atoms with E-state index in [1.165, 1.54) is 4.90 Å². The third-order valence-electron chi connectivity index (χ3n) is 7.70. The number of aliphatic hydroxyl groups excluding tert-OH is 1. The lowest BCUT2D eigenvalue weighted by Crippen LogP contribution is -2.59. The zero-order chi connectivity index (χ0) is 25.1. The van der Waals surface area contributed by atoms with Crippen LogP contribution in [0.15, 0.2) is 48.6 Å². The van der Waals surface area contributed by atoms with Crippen molar-refractivity contribution in [2.75, 3.05) is 24.7 Å². The van der Waals surface area contributed by atoms with E-state index in [1.54, 1.807) is 54.3 Å². The van der Waals surface area contributed by atoms with Gasteiger partial charge in [-0.3, -0.25) is 14.4 Å². The van der Waals surface area contributed by atoms with Crippen molar-refractivity contribution in [2.24, 2.45) is 17.8 Å². The number of aliphatic hydroxyl groups is 1. The number of esters is 1. The van der Waals surface area contributed by atoms with Gasteiger partial charge in [-0.05, 0) is 43.2 Å². The number of carbonyl (C=O) groups excluding carboxylic acids is 3. The summed E-state index contributed by atoms with van der Waals surface area (Å²) in [6, 6.07) is 5.19. The highest BCUT2D eigenvalue weighted by Crippen LogP contribution is 2.58. The largest absolute Gasteiger partial charge is 0.461 e. The van der Waals surface area contributed by atoms with Gasteiger partial charge in [-0.15, -0.1) is 0 Å². The van der Waals surface area contributed by atoms with Crippen LogP contribution in [0, 0.1) is 17.8 Å². The molecule has 9 heteroatoms. The fourth-order valence-electron chi connectivity index (χ4n) is 6.13. The van der Waals surface area contributed by atoms with E-state index in [9.17, 15) is 19.5 Å². The van der Waals surface area contributed by atoms with Crippen LogP contribution >= 0.6 is 11.6 Å². The van der Waals surface area contributed by atoms with Crippen LogP contribution < -0.4 is 4.90 Å². The van der Waals surface area contributed by atoms with Crippen LogP contribution in [-0.2, 0) is 23.9 Å². The summed E-state index contributed by atoms with van der Waals surface area (Å²) >= 11 is 6.06. The van der Waals surface area contributed by atoms with Crippen molar-refractivity contribution < 1.29 is 29.0 Å². The SMILES string of the molecule is CC(C)[C@H](CO)N1C(=O)[C@@H]2[C@@H]3C(=O)OCC=C[C@]3(C)O[C@@]23C=CCN(c2ccc(Cl)cc2)C(=O)C13. The summed E-state index contributed by atoms with van der Waals surface area (Å²) in [5, 5.41) is 10.8. The first kappa shape index (κ1) is 24.0. The number of amides is 2. The van der Waals surface area contributed by atoms with Gasteiger partial charge in [-0.25, -0.2) is 0 Å². The molecule has 0 radical (unpaired) electrons. The van der Waals surface area contributed by atoms with Gasteiger partial charge in [-0.1, -0.05) is 43.7 Å². The number of benzene rings is 1. The third kappa shape index (κ3) is 3.45. The minimum absolute atomic E-state index is 0.0969. The van der Waals surface area contributed by atoms with E-state index in [0.717, 1.165) is 0 Å². The van der Waals surface area contributed by atoms with Crippen molar-refractivity contribution in [1.29, 1.82) is 0 Å². The standard InChI is InChI=1S/C26H29ClN2O6/c1-15(2)18(14-30)29-21-23(32)28(17-8-6-16(27)7-9-17)12-4-11-26(21)19(22(29)31)20-24(33)34-13-5-10-25(20,3)35-26/h4-11,15,18-21,30H,12-14H2,1-3H3/t18-,19-,20+,21?,25-,26-/m0/s1. The summed E-state index contributed by atoms with van der Waals surface area (Å²) in [7, 11) is 0. The molecule has 4 heterocycles. The molecule has 8 nitrogen and oxygen atoms in total. The molecule has 186 valence electrons. The molecule has 1 aromatic rings. The number of cyclic esters (lactones) is 1. The summed E-state index contributed by atoms with van der Waals surface area (Å²) in [6.45, 7) is 5.55. The van der Waals surface area contributed by atoms with Gasteiger partial charge in [0, 0.05) is 17.3 Å². The molecule has 1 spiro atoms. The molecule has 0 aromatic heterocycles. The summed E-state index contributed by atoms with van der Waals surface area (Å²) in [4.78, 5) is 44.6. The van der Waals surface area contributed by atoms with E-state index in [-0.39, 0.29) is 37.5 Å². The molecule has 2 fully saturated rings. The van der Waals surface area contributed by atoms with Crippen molar-refractivity contribution in [3.8, 4) is 0 Å². The van der Waals surface area contributed by atoms with Crippen molar-refractivity contribution in [1.82, 2.24) is 4.90 Å². The van der Waals surface area contributed by atoms with Crippen molar-refractivity contribution in [3.05, 3.63) is 53.6 Å². The number of likely N-dealkylation sites (tertiary alicyclic amines) is 1. The Kier molecular flexibility index (Phi) is 5.81. The third-order valence-corrected chi connectivity index (χ3v) is 7.95. The Balaban J connectivity index is 1.69. The van der Waals surface area contributed by atoms with Gasteiger partial charge in [-0.2, -0.15) is 0 Å². The summed E-state index contributed by atoms with van der Waals surface area (Å²) in [5.74, 6) is -3.29. The molecular weight excluding hydrogens is 472 g/mol. The molecule has 2 saturated heterocycles. The van der Waals surface area contributed by atoms with Crippen LogP contribution in [0.2, 0.25) is 5.02 Å². The van der Waals surface area contributed by atoms with E-state index < -0.39 is 41.1 Å². The van der Waals surface area contributed by atoms with Crippen LogP contribution in [-0.4, -0.2) is 70.8 Å². The number of hydrogen-bond donors (Lipinski definition) is 1. The quantitative estimate of drug-likeness (QED) is 0.503. The highest BCUT2D eigenvalue weighted by atomic mass is 35.5. The number of hydrogen-bond acceptors (Lipinski definition) is 6. The Morgan fingerprint density at radius 1 is 1.09 bits per heavy atom. The zero-order valence-corrected chi connectivity index (χ0v) is 20.6. The maximum Gasteiger partial charge on any atom is 0.313 e. The average molecular weight is 501 g/mol. The number of rotatable bonds is 4. The maximum absolute atomic E-state index is 14.3. The fourth-order valence-corrected chi connectivity index (χ4v) is 6.25. The summed E-state index contributed by atoms with van der Waals surface area (Å²) < 4.78 is 12.0. The molecule has 5 rings (SSSR count). The topological polar surface area (TPSA) is 96.4 Å². The normalized spacial score (nSPS) is 34.9. The number of fused-ring (bicyclic) bond motifs is 2. The molecule has 0 aliphatic carbocycles. The van der Waals surface area contributed by atoms with Crippen molar-refractivity contribution >= 4 is 35.1 Å². The Bertz CT molecular complexity index is 1120.